The van der Waals surface area contributed by atoms with Gasteiger partial charge in [0.15, 0.2) is 0 Å². The predicted molar refractivity (Wildman–Crippen MR) is 95.6 cm³/mol. The maximum Gasteiger partial charge on any atom is 0.315 e. The molecule has 2 atom stereocenters. The molecule has 0 bridgehead atoms. The highest BCUT2D eigenvalue weighted by molar-refractivity contribution is 5.78. The Labute approximate surface area is 146 Å². The van der Waals surface area contributed by atoms with Crippen molar-refractivity contribution in [1.82, 2.24) is 15.8 Å². The second-order valence-electron chi connectivity index (χ2n) is 6.40. The van der Waals surface area contributed by atoms with Crippen molar-refractivity contribution in [2.45, 2.75) is 39.7 Å². The molecule has 3 rings (SSSR count). The lowest BCUT2D eigenvalue weighted by molar-refractivity contribution is 0.236. The summed E-state index contributed by atoms with van der Waals surface area (Å²) in [5.74, 6) is 1.65. The zero-order valence-electron chi connectivity index (χ0n) is 14.9. The molecule has 1 aromatic carbocycles. The summed E-state index contributed by atoms with van der Waals surface area (Å²) in [5.41, 5.74) is 2.73. The van der Waals surface area contributed by atoms with E-state index in [1.54, 1.807) is 0 Å². The number of hydrogen-bond donors (Lipinski definition) is 2. The Morgan fingerprint density at radius 2 is 2.00 bits per heavy atom. The molecule has 2 amide bonds. The Hall–Kier alpha value is -2.76. The van der Waals surface area contributed by atoms with Gasteiger partial charge in [-0.1, -0.05) is 30.3 Å². The highest BCUT2D eigenvalue weighted by atomic mass is 16.5. The number of nitrogens with zero attached hydrogens (tertiary/aromatic N) is 1. The minimum absolute atomic E-state index is 0.124. The molecule has 2 N–H and O–H groups in total. The largest absolute Gasteiger partial charge is 0.459 e. The number of urea groups is 1. The van der Waals surface area contributed by atoms with E-state index in [4.69, 9.17) is 8.94 Å². The minimum Gasteiger partial charge on any atom is -0.459 e. The average molecular weight is 341 g/mol. The first kappa shape index (κ1) is 17.1. The van der Waals surface area contributed by atoms with Crippen molar-refractivity contribution in [3.05, 3.63) is 53.1 Å². The summed E-state index contributed by atoms with van der Waals surface area (Å²) in [6.45, 7) is 8.23. The summed E-state index contributed by atoms with van der Waals surface area (Å²) in [4.78, 5) is 12.2. The minimum atomic E-state index is -0.230. The topological polar surface area (TPSA) is 80.3 Å². The molecule has 0 spiro atoms. The Morgan fingerprint density at radius 3 is 2.68 bits per heavy atom. The van der Waals surface area contributed by atoms with Gasteiger partial charge < -0.3 is 19.6 Å². The molecule has 6 nitrogen and oxygen atoms in total. The molecule has 132 valence electrons. The lowest BCUT2D eigenvalue weighted by atomic mass is 10.00. The zero-order chi connectivity index (χ0) is 18.0. The van der Waals surface area contributed by atoms with Gasteiger partial charge in [0.2, 0.25) is 0 Å². The maximum absolute atomic E-state index is 12.2. The van der Waals surface area contributed by atoms with Crippen molar-refractivity contribution < 1.29 is 13.7 Å². The van der Waals surface area contributed by atoms with Crippen LogP contribution in [0.5, 0.6) is 0 Å². The quantitative estimate of drug-likeness (QED) is 0.729. The number of para-hydroxylation sites is 1. The van der Waals surface area contributed by atoms with E-state index < -0.39 is 0 Å². The number of nitrogens with one attached hydrogen (secondary N) is 2. The number of hydrogen-bond acceptors (Lipinski definition) is 4. The van der Waals surface area contributed by atoms with Gasteiger partial charge in [0.05, 0.1) is 11.7 Å². The molecule has 0 aliphatic carbocycles. The molecule has 0 saturated carbocycles. The number of aromatic nitrogens is 1. The average Bonchev–Trinajstić information content (AvgIpc) is 3.16. The Balaban J connectivity index is 1.57. The molecule has 0 radical (unpaired) electrons. The van der Waals surface area contributed by atoms with Crippen LogP contribution in [0.2, 0.25) is 0 Å². The van der Waals surface area contributed by atoms with Crippen LogP contribution >= 0.6 is 0 Å². The first-order valence-electron chi connectivity index (χ1n) is 8.41. The molecule has 6 heteroatoms. The summed E-state index contributed by atoms with van der Waals surface area (Å²) in [6.07, 6.45) is 0. The van der Waals surface area contributed by atoms with Gasteiger partial charge in [-0.3, -0.25) is 0 Å². The van der Waals surface area contributed by atoms with Gasteiger partial charge in [-0.25, -0.2) is 4.79 Å². The Morgan fingerprint density at radius 1 is 1.24 bits per heavy atom. The van der Waals surface area contributed by atoms with Gasteiger partial charge in [0.1, 0.15) is 17.1 Å². The fourth-order valence-electron chi connectivity index (χ4n) is 3.08. The van der Waals surface area contributed by atoms with Gasteiger partial charge in [0.25, 0.3) is 0 Å². The number of furan rings is 1. The number of fused-ring (bicyclic) bond motifs is 1. The van der Waals surface area contributed by atoms with E-state index >= 15 is 0 Å². The van der Waals surface area contributed by atoms with Crippen LogP contribution in [0.25, 0.3) is 11.0 Å². The molecule has 25 heavy (non-hydrogen) atoms. The standard InChI is InChI=1S/C19H23N3O3/c1-11(18-13(3)22-25-14(18)4)10-20-19(23)21-12(2)17-9-15-7-5-6-8-16(15)24-17/h5-9,11-12H,10H2,1-4H3,(H2,20,21,23)/t11-,12+/m1/s1. The van der Waals surface area contributed by atoms with Gasteiger partial charge in [-0.2, -0.15) is 0 Å². The monoisotopic (exact) mass is 341 g/mol. The van der Waals surface area contributed by atoms with E-state index in [0.29, 0.717) is 6.54 Å². The van der Waals surface area contributed by atoms with Crippen LogP contribution in [-0.2, 0) is 0 Å². The second-order valence-corrected chi connectivity index (χ2v) is 6.40. The van der Waals surface area contributed by atoms with E-state index in [-0.39, 0.29) is 18.0 Å². The molecule has 0 fully saturated rings. The third kappa shape index (κ3) is 3.68. The summed E-state index contributed by atoms with van der Waals surface area (Å²) in [5, 5.41) is 10.8. The smallest absolute Gasteiger partial charge is 0.315 e. The Kier molecular flexibility index (Phi) is 4.79. The number of carbonyl (C=O) groups is 1. The van der Waals surface area contributed by atoms with Crippen molar-refractivity contribution in [1.29, 1.82) is 0 Å². The highest BCUT2D eigenvalue weighted by Crippen LogP contribution is 2.24. The lowest BCUT2D eigenvalue weighted by Crippen LogP contribution is -2.38. The van der Waals surface area contributed by atoms with Gasteiger partial charge in [0, 0.05) is 23.4 Å². The second kappa shape index (κ2) is 7.01. The third-order valence-electron chi connectivity index (χ3n) is 4.37. The molecule has 0 saturated heterocycles. The number of rotatable bonds is 5. The first-order valence-corrected chi connectivity index (χ1v) is 8.41. The molecular weight excluding hydrogens is 318 g/mol. The van der Waals surface area contributed by atoms with Crippen LogP contribution in [0.4, 0.5) is 4.79 Å². The highest BCUT2D eigenvalue weighted by Gasteiger charge is 2.18. The molecule has 0 aliphatic heterocycles. The van der Waals surface area contributed by atoms with Crippen LogP contribution in [0.15, 0.2) is 39.3 Å². The van der Waals surface area contributed by atoms with Gasteiger partial charge >= 0.3 is 6.03 Å². The summed E-state index contributed by atoms with van der Waals surface area (Å²) in [7, 11) is 0. The van der Waals surface area contributed by atoms with E-state index in [9.17, 15) is 4.79 Å². The number of carbonyl (C=O) groups excluding carboxylic acids is 1. The predicted octanol–water partition coefficient (Wildman–Crippen LogP) is 4.20. The summed E-state index contributed by atoms with van der Waals surface area (Å²) < 4.78 is 11.0. The lowest BCUT2D eigenvalue weighted by Gasteiger charge is -2.15. The molecule has 2 aromatic heterocycles. The molecule has 0 unspecified atom stereocenters. The van der Waals surface area contributed by atoms with Crippen molar-refractivity contribution >= 4 is 17.0 Å². The maximum atomic E-state index is 12.2. The SMILES string of the molecule is Cc1noc(C)c1[C@H](C)CNC(=O)N[C@@H](C)c1cc2ccccc2o1. The van der Waals surface area contributed by atoms with Crippen LogP contribution in [0, 0.1) is 13.8 Å². The number of aryl methyl sites for hydroxylation is 2. The fourth-order valence-corrected chi connectivity index (χ4v) is 3.08. The zero-order valence-corrected chi connectivity index (χ0v) is 14.9. The third-order valence-corrected chi connectivity index (χ3v) is 4.37. The van der Waals surface area contributed by atoms with E-state index in [2.05, 4.69) is 15.8 Å². The molecule has 0 aliphatic rings. The van der Waals surface area contributed by atoms with Gasteiger partial charge in [-0.15, -0.1) is 0 Å². The normalized spacial score (nSPS) is 13.6. The van der Waals surface area contributed by atoms with E-state index in [1.807, 2.05) is 58.0 Å². The molecule has 3 aromatic rings. The van der Waals surface area contributed by atoms with Crippen molar-refractivity contribution in [3.8, 4) is 0 Å². The van der Waals surface area contributed by atoms with E-state index in [1.165, 1.54) is 0 Å². The summed E-state index contributed by atoms with van der Waals surface area (Å²) >= 11 is 0. The van der Waals surface area contributed by atoms with Crippen LogP contribution < -0.4 is 10.6 Å². The molecule has 2 heterocycles. The first-order chi connectivity index (χ1) is 12.0. The van der Waals surface area contributed by atoms with Gasteiger partial charge in [-0.05, 0) is 32.9 Å². The van der Waals surface area contributed by atoms with Crippen LogP contribution in [0.1, 0.15) is 48.6 Å². The van der Waals surface area contributed by atoms with Crippen molar-refractivity contribution in [3.63, 3.8) is 0 Å². The number of amides is 2. The van der Waals surface area contributed by atoms with E-state index in [0.717, 1.165) is 33.7 Å². The Bertz CT molecular complexity index is 829. The van der Waals surface area contributed by atoms with Crippen molar-refractivity contribution in [2.75, 3.05) is 6.54 Å². The van der Waals surface area contributed by atoms with Crippen molar-refractivity contribution in [2.24, 2.45) is 0 Å². The molecular formula is C19H23N3O3. The fraction of sp³-hybridized carbons (Fsp3) is 0.368. The summed E-state index contributed by atoms with van der Waals surface area (Å²) in [6, 6.07) is 9.29. The van der Waals surface area contributed by atoms with Crippen LogP contribution in [0.3, 0.4) is 0 Å². The number of benzene rings is 1. The van der Waals surface area contributed by atoms with Crippen LogP contribution in [-0.4, -0.2) is 17.7 Å².